The number of pyridine rings is 1. The highest BCUT2D eigenvalue weighted by atomic mass is 16.5. The Morgan fingerprint density at radius 3 is 2.54 bits per heavy atom. The van der Waals surface area contributed by atoms with Gasteiger partial charge in [0, 0.05) is 5.69 Å². The summed E-state index contributed by atoms with van der Waals surface area (Å²) in [5, 5.41) is 2.89. The van der Waals surface area contributed by atoms with Gasteiger partial charge in [-0.3, -0.25) is 14.5 Å². The van der Waals surface area contributed by atoms with E-state index in [0.29, 0.717) is 5.75 Å². The van der Waals surface area contributed by atoms with Crippen LogP contribution in [0, 0.1) is 13.8 Å². The Morgan fingerprint density at radius 1 is 1.23 bits per heavy atom. The molecule has 7 heteroatoms. The predicted octanol–water partition coefficient (Wildman–Crippen LogP) is 2.42. The number of ether oxygens (including phenoxy) is 1. The van der Waals surface area contributed by atoms with Crippen LogP contribution in [0.25, 0.3) is 0 Å². The van der Waals surface area contributed by atoms with Crippen molar-refractivity contribution in [3.63, 3.8) is 0 Å². The summed E-state index contributed by atoms with van der Waals surface area (Å²) < 4.78 is 5.71. The summed E-state index contributed by atoms with van der Waals surface area (Å²) in [5.41, 5.74) is 7.31. The van der Waals surface area contributed by atoms with Crippen LogP contribution in [0.2, 0.25) is 0 Å². The van der Waals surface area contributed by atoms with Crippen molar-refractivity contribution in [2.24, 2.45) is 0 Å². The number of benzene rings is 1. The molecule has 2 aromatic rings. The molecule has 7 nitrogen and oxygen atoms in total. The van der Waals surface area contributed by atoms with Crippen LogP contribution in [-0.4, -0.2) is 28.9 Å². The molecule has 0 atom stereocenters. The molecule has 2 heterocycles. The molecular formula is C19H22N4O3. The molecule has 0 saturated heterocycles. The number of aromatic nitrogens is 1. The second-order valence-corrected chi connectivity index (χ2v) is 6.88. The Labute approximate surface area is 152 Å². The summed E-state index contributed by atoms with van der Waals surface area (Å²) in [6, 6.07) is 9.02. The van der Waals surface area contributed by atoms with Gasteiger partial charge in [0.15, 0.2) is 17.2 Å². The lowest BCUT2D eigenvalue weighted by Gasteiger charge is -2.37. The normalized spacial score (nSPS) is 15.2. The number of rotatable bonds is 3. The summed E-state index contributed by atoms with van der Waals surface area (Å²) in [4.78, 5) is 30.9. The van der Waals surface area contributed by atoms with Crippen LogP contribution < -0.4 is 20.7 Å². The van der Waals surface area contributed by atoms with Gasteiger partial charge >= 0.3 is 0 Å². The minimum absolute atomic E-state index is 0.178. The number of carbonyl (C=O) groups is 2. The number of nitrogens with one attached hydrogen (secondary N) is 1. The first-order valence-corrected chi connectivity index (χ1v) is 8.32. The summed E-state index contributed by atoms with van der Waals surface area (Å²) in [5.74, 6) is 0.262. The lowest BCUT2D eigenvalue weighted by molar-refractivity contribution is -0.133. The molecule has 0 radical (unpaired) electrons. The number of amides is 2. The van der Waals surface area contributed by atoms with Crippen molar-refractivity contribution in [1.82, 2.24) is 4.98 Å². The van der Waals surface area contributed by atoms with E-state index in [1.165, 1.54) is 4.90 Å². The number of nitrogen functional groups attached to an aromatic ring is 1. The van der Waals surface area contributed by atoms with Crippen LogP contribution in [0.5, 0.6) is 5.75 Å². The number of nitrogens with two attached hydrogens (primary N) is 1. The molecule has 3 rings (SSSR count). The third-order valence-corrected chi connectivity index (χ3v) is 4.29. The number of hydrogen-bond acceptors (Lipinski definition) is 5. The molecule has 1 aromatic carbocycles. The minimum Gasteiger partial charge on any atom is -0.474 e. The molecule has 3 N–H and O–H groups in total. The van der Waals surface area contributed by atoms with E-state index in [4.69, 9.17) is 10.5 Å². The van der Waals surface area contributed by atoms with E-state index in [-0.39, 0.29) is 30.0 Å². The number of nitrogens with zero attached hydrogens (tertiary/aromatic N) is 2. The molecule has 1 aliphatic rings. The van der Waals surface area contributed by atoms with Gasteiger partial charge in [0.1, 0.15) is 12.4 Å². The van der Waals surface area contributed by atoms with E-state index in [2.05, 4.69) is 10.3 Å². The number of carbonyl (C=O) groups excluding carboxylic acids is 2. The van der Waals surface area contributed by atoms with Gasteiger partial charge in [-0.05, 0) is 51.0 Å². The van der Waals surface area contributed by atoms with Gasteiger partial charge in [-0.2, -0.15) is 0 Å². The molecule has 0 unspecified atom stereocenters. The fourth-order valence-electron chi connectivity index (χ4n) is 2.94. The van der Waals surface area contributed by atoms with E-state index >= 15 is 0 Å². The second kappa shape index (κ2) is 6.33. The molecule has 0 saturated carbocycles. The number of fused-ring (bicyclic) bond motifs is 1. The number of hydrogen-bond donors (Lipinski definition) is 2. The fraction of sp³-hybridized carbons (Fsp3) is 0.316. The molecule has 1 aromatic heterocycles. The van der Waals surface area contributed by atoms with Crippen LogP contribution in [-0.2, 0) is 9.59 Å². The lowest BCUT2D eigenvalue weighted by Crippen LogP contribution is -2.54. The lowest BCUT2D eigenvalue weighted by atomic mass is 10.1. The number of aryl methyl sites for hydroxylation is 2. The van der Waals surface area contributed by atoms with Crippen molar-refractivity contribution in [2.45, 2.75) is 33.3 Å². The maximum Gasteiger partial charge on any atom is 0.272 e. The first-order chi connectivity index (χ1) is 12.2. The first kappa shape index (κ1) is 17.7. The smallest absolute Gasteiger partial charge is 0.272 e. The van der Waals surface area contributed by atoms with E-state index < -0.39 is 5.60 Å². The van der Waals surface area contributed by atoms with Gasteiger partial charge in [-0.15, -0.1) is 0 Å². The van der Waals surface area contributed by atoms with Crippen molar-refractivity contribution >= 4 is 29.1 Å². The predicted molar refractivity (Wildman–Crippen MR) is 100 cm³/mol. The molecule has 1 aliphatic heterocycles. The average Bonchev–Trinajstić information content (AvgIpc) is 2.56. The Hall–Kier alpha value is -3.09. The molecule has 136 valence electrons. The van der Waals surface area contributed by atoms with Gasteiger partial charge in [0.2, 0.25) is 5.91 Å². The quantitative estimate of drug-likeness (QED) is 0.882. The standard InChI is InChI=1S/C19H22N4O3/c1-11-6-5-7-12(2)16(11)22-15(24)10-23-17-13(8-9-14(20)21-17)26-19(3,4)18(23)25/h5-9H,10H2,1-4H3,(H2,20,21)(H,22,24). The zero-order valence-electron chi connectivity index (χ0n) is 15.3. The zero-order chi connectivity index (χ0) is 19.1. The molecular weight excluding hydrogens is 332 g/mol. The topological polar surface area (TPSA) is 97.5 Å². The van der Waals surface area contributed by atoms with Crippen LogP contribution >= 0.6 is 0 Å². The summed E-state index contributed by atoms with van der Waals surface area (Å²) in [6.45, 7) is 6.98. The van der Waals surface area contributed by atoms with Crippen molar-refractivity contribution in [1.29, 1.82) is 0 Å². The Morgan fingerprint density at radius 2 is 1.88 bits per heavy atom. The Kier molecular flexibility index (Phi) is 4.31. The summed E-state index contributed by atoms with van der Waals surface area (Å²) >= 11 is 0. The highest BCUT2D eigenvalue weighted by Gasteiger charge is 2.42. The largest absolute Gasteiger partial charge is 0.474 e. The van der Waals surface area contributed by atoms with Gasteiger partial charge in [0.05, 0.1) is 0 Å². The van der Waals surface area contributed by atoms with E-state index in [9.17, 15) is 9.59 Å². The Bertz CT molecular complexity index is 872. The van der Waals surface area contributed by atoms with Crippen molar-refractivity contribution < 1.29 is 14.3 Å². The molecule has 26 heavy (non-hydrogen) atoms. The summed E-state index contributed by atoms with van der Waals surface area (Å²) in [7, 11) is 0. The average molecular weight is 354 g/mol. The second-order valence-electron chi connectivity index (χ2n) is 6.88. The molecule has 0 fully saturated rings. The molecule has 0 spiro atoms. The van der Waals surface area contributed by atoms with Gasteiger partial charge in [0.25, 0.3) is 5.91 Å². The maximum absolute atomic E-state index is 12.8. The third kappa shape index (κ3) is 3.20. The number of para-hydroxylation sites is 1. The summed E-state index contributed by atoms with van der Waals surface area (Å²) in [6.07, 6.45) is 0. The van der Waals surface area contributed by atoms with Crippen molar-refractivity contribution in [3.8, 4) is 5.75 Å². The third-order valence-electron chi connectivity index (χ3n) is 4.29. The monoisotopic (exact) mass is 354 g/mol. The molecule has 0 aliphatic carbocycles. The van der Waals surface area contributed by atoms with Crippen molar-refractivity contribution in [2.75, 3.05) is 22.5 Å². The minimum atomic E-state index is -1.09. The van der Waals surface area contributed by atoms with Gasteiger partial charge in [-0.1, -0.05) is 18.2 Å². The van der Waals surface area contributed by atoms with Crippen LogP contribution in [0.3, 0.4) is 0 Å². The highest BCUT2D eigenvalue weighted by Crippen LogP contribution is 2.36. The van der Waals surface area contributed by atoms with Gasteiger partial charge in [-0.25, -0.2) is 4.98 Å². The molecule has 2 amide bonds. The van der Waals surface area contributed by atoms with E-state index in [0.717, 1.165) is 16.8 Å². The zero-order valence-corrected chi connectivity index (χ0v) is 15.3. The van der Waals surface area contributed by atoms with E-state index in [1.54, 1.807) is 26.0 Å². The van der Waals surface area contributed by atoms with Crippen molar-refractivity contribution in [3.05, 3.63) is 41.5 Å². The molecule has 0 bridgehead atoms. The number of anilines is 3. The maximum atomic E-state index is 12.8. The Balaban J connectivity index is 1.89. The van der Waals surface area contributed by atoms with Gasteiger partial charge < -0.3 is 15.8 Å². The first-order valence-electron chi connectivity index (χ1n) is 8.32. The van der Waals surface area contributed by atoms with E-state index in [1.807, 2.05) is 32.0 Å². The fourth-order valence-corrected chi connectivity index (χ4v) is 2.94. The van der Waals surface area contributed by atoms with Crippen LogP contribution in [0.15, 0.2) is 30.3 Å². The highest BCUT2D eigenvalue weighted by molar-refractivity contribution is 6.07. The van der Waals surface area contributed by atoms with Crippen LogP contribution in [0.1, 0.15) is 25.0 Å². The van der Waals surface area contributed by atoms with Crippen LogP contribution in [0.4, 0.5) is 17.3 Å². The SMILES string of the molecule is Cc1cccc(C)c1NC(=O)CN1C(=O)C(C)(C)Oc2ccc(N)nc21.